The first-order valence-electron chi connectivity index (χ1n) is 4.89. The molecule has 0 heterocycles. The molecule has 0 atom stereocenters. The number of nitrogen functional groups attached to an aromatic ring is 2. The van der Waals surface area contributed by atoms with Crippen LogP contribution in [0.2, 0.25) is 0 Å². The maximum absolute atomic E-state index is 8.89. The molecule has 0 saturated carbocycles. The van der Waals surface area contributed by atoms with Crippen LogP contribution in [-0.2, 0) is 12.8 Å². The number of aliphatic hydroxyl groups is 1. The Kier molecular flexibility index (Phi) is 3.36. The molecule has 0 unspecified atom stereocenters. The van der Waals surface area contributed by atoms with E-state index in [1.807, 2.05) is 13.0 Å². The molecule has 0 saturated heterocycles. The predicted octanol–water partition coefficient (Wildman–Crippen LogP) is 1.26. The summed E-state index contributed by atoms with van der Waals surface area (Å²) in [5.74, 6) is 0. The van der Waals surface area contributed by atoms with Gasteiger partial charge in [-0.2, -0.15) is 0 Å². The Bertz CT molecular complexity index is 335. The minimum Gasteiger partial charge on any atom is -0.398 e. The van der Waals surface area contributed by atoms with E-state index < -0.39 is 0 Å². The summed E-state index contributed by atoms with van der Waals surface area (Å²) in [6, 6.07) is 1.91. The fraction of sp³-hybridized carbons (Fsp3) is 0.455. The molecule has 0 aliphatic heterocycles. The number of hydrogen-bond donors (Lipinski definition) is 3. The number of nitrogens with two attached hydrogens (primary N) is 2. The Morgan fingerprint density at radius 2 is 2.00 bits per heavy atom. The lowest BCUT2D eigenvalue weighted by Crippen LogP contribution is -2.06. The molecule has 1 aromatic rings. The van der Waals surface area contributed by atoms with Gasteiger partial charge in [-0.05, 0) is 42.5 Å². The zero-order valence-corrected chi connectivity index (χ0v) is 8.80. The van der Waals surface area contributed by atoms with Crippen molar-refractivity contribution in [1.29, 1.82) is 0 Å². The topological polar surface area (TPSA) is 72.3 Å². The van der Waals surface area contributed by atoms with Gasteiger partial charge in [-0.3, -0.25) is 0 Å². The summed E-state index contributed by atoms with van der Waals surface area (Å²) < 4.78 is 0. The summed E-state index contributed by atoms with van der Waals surface area (Å²) in [5, 5.41) is 8.89. The van der Waals surface area contributed by atoms with Crippen molar-refractivity contribution in [3.05, 3.63) is 22.8 Å². The summed E-state index contributed by atoms with van der Waals surface area (Å²) in [6.07, 6.45) is 1.46. The highest BCUT2D eigenvalue weighted by Crippen LogP contribution is 2.27. The van der Waals surface area contributed by atoms with Crippen molar-refractivity contribution in [2.24, 2.45) is 0 Å². The highest BCUT2D eigenvalue weighted by molar-refractivity contribution is 5.66. The van der Waals surface area contributed by atoms with Gasteiger partial charge < -0.3 is 16.6 Å². The fourth-order valence-corrected chi connectivity index (χ4v) is 1.71. The predicted molar refractivity (Wildman–Crippen MR) is 60.2 cm³/mol. The normalized spacial score (nSPS) is 10.5. The van der Waals surface area contributed by atoms with Crippen LogP contribution in [-0.4, -0.2) is 11.7 Å². The summed E-state index contributed by atoms with van der Waals surface area (Å²) in [7, 11) is 0. The van der Waals surface area contributed by atoms with Crippen LogP contribution in [0.1, 0.15) is 23.6 Å². The molecular formula is C11H18N2O. The molecule has 3 nitrogen and oxygen atoms in total. The van der Waals surface area contributed by atoms with Gasteiger partial charge in [0.1, 0.15) is 0 Å². The van der Waals surface area contributed by atoms with Gasteiger partial charge in [-0.25, -0.2) is 0 Å². The molecule has 0 bridgehead atoms. The molecule has 0 aliphatic carbocycles. The van der Waals surface area contributed by atoms with Crippen molar-refractivity contribution in [3.8, 4) is 0 Å². The van der Waals surface area contributed by atoms with Crippen molar-refractivity contribution in [2.75, 3.05) is 18.1 Å². The molecule has 78 valence electrons. The summed E-state index contributed by atoms with van der Waals surface area (Å²) in [6.45, 7) is 4.11. The molecule has 5 N–H and O–H groups in total. The number of aliphatic hydroxyl groups excluding tert-OH is 1. The average molecular weight is 194 g/mol. The van der Waals surface area contributed by atoms with Crippen molar-refractivity contribution < 1.29 is 5.11 Å². The molecule has 14 heavy (non-hydrogen) atoms. The minimum atomic E-state index is 0.107. The van der Waals surface area contributed by atoms with Gasteiger partial charge in [0.15, 0.2) is 0 Å². The zero-order chi connectivity index (χ0) is 10.7. The van der Waals surface area contributed by atoms with Crippen LogP contribution in [0.3, 0.4) is 0 Å². The van der Waals surface area contributed by atoms with Crippen LogP contribution < -0.4 is 11.5 Å². The maximum atomic E-state index is 8.89. The van der Waals surface area contributed by atoms with E-state index in [0.717, 1.165) is 34.5 Å². The van der Waals surface area contributed by atoms with E-state index in [9.17, 15) is 0 Å². The van der Waals surface area contributed by atoms with Crippen molar-refractivity contribution in [2.45, 2.75) is 26.7 Å². The third-order valence-electron chi connectivity index (χ3n) is 2.62. The van der Waals surface area contributed by atoms with Gasteiger partial charge in [-0.15, -0.1) is 0 Å². The van der Waals surface area contributed by atoms with Gasteiger partial charge >= 0.3 is 0 Å². The Morgan fingerprint density at radius 3 is 2.50 bits per heavy atom. The van der Waals surface area contributed by atoms with E-state index >= 15 is 0 Å². The minimum absolute atomic E-state index is 0.107. The van der Waals surface area contributed by atoms with Crippen LogP contribution in [0.15, 0.2) is 6.07 Å². The smallest absolute Gasteiger partial charge is 0.0472 e. The van der Waals surface area contributed by atoms with Crippen LogP contribution in [0.5, 0.6) is 0 Å². The molecular weight excluding hydrogens is 176 g/mol. The van der Waals surface area contributed by atoms with E-state index in [4.69, 9.17) is 16.6 Å². The van der Waals surface area contributed by atoms with E-state index in [1.54, 1.807) is 0 Å². The third-order valence-corrected chi connectivity index (χ3v) is 2.62. The Balaban J connectivity index is 3.26. The third kappa shape index (κ3) is 1.82. The second-order valence-corrected chi connectivity index (χ2v) is 3.47. The Morgan fingerprint density at radius 1 is 1.36 bits per heavy atom. The van der Waals surface area contributed by atoms with Gasteiger partial charge in [0.25, 0.3) is 0 Å². The first kappa shape index (κ1) is 10.9. The number of rotatable bonds is 3. The lowest BCUT2D eigenvalue weighted by Gasteiger charge is -2.14. The van der Waals surface area contributed by atoms with Crippen LogP contribution in [0.4, 0.5) is 11.4 Å². The summed E-state index contributed by atoms with van der Waals surface area (Å²) >= 11 is 0. The van der Waals surface area contributed by atoms with E-state index in [-0.39, 0.29) is 6.61 Å². The largest absolute Gasteiger partial charge is 0.398 e. The number of hydrogen-bond acceptors (Lipinski definition) is 3. The Labute approximate surface area is 84.7 Å². The number of benzene rings is 1. The van der Waals surface area contributed by atoms with Crippen LogP contribution in [0.25, 0.3) is 0 Å². The first-order valence-corrected chi connectivity index (χ1v) is 4.89. The number of aryl methyl sites for hydroxylation is 1. The van der Waals surface area contributed by atoms with Crippen molar-refractivity contribution in [3.63, 3.8) is 0 Å². The highest BCUT2D eigenvalue weighted by atomic mass is 16.2. The number of anilines is 2. The second kappa shape index (κ2) is 4.33. The Hall–Kier alpha value is -1.22. The summed E-state index contributed by atoms with van der Waals surface area (Å²) in [4.78, 5) is 0. The molecule has 0 radical (unpaired) electrons. The maximum Gasteiger partial charge on any atom is 0.0472 e. The molecule has 0 amide bonds. The molecule has 0 aliphatic rings. The summed E-state index contributed by atoms with van der Waals surface area (Å²) in [5.41, 5.74) is 16.5. The zero-order valence-electron chi connectivity index (χ0n) is 8.80. The van der Waals surface area contributed by atoms with Gasteiger partial charge in [0.05, 0.1) is 0 Å². The molecule has 0 aromatic heterocycles. The monoisotopic (exact) mass is 194 g/mol. The lowest BCUT2D eigenvalue weighted by atomic mass is 9.97. The SMILES string of the molecule is CCc1cc(N)c(CCO)c(C)c1N. The van der Waals surface area contributed by atoms with E-state index in [1.165, 1.54) is 0 Å². The van der Waals surface area contributed by atoms with Crippen LogP contribution in [0, 0.1) is 6.92 Å². The van der Waals surface area contributed by atoms with E-state index in [2.05, 4.69) is 6.92 Å². The molecule has 0 spiro atoms. The van der Waals surface area contributed by atoms with Crippen molar-refractivity contribution >= 4 is 11.4 Å². The second-order valence-electron chi connectivity index (χ2n) is 3.47. The van der Waals surface area contributed by atoms with Crippen LogP contribution >= 0.6 is 0 Å². The lowest BCUT2D eigenvalue weighted by molar-refractivity contribution is 0.299. The van der Waals surface area contributed by atoms with Gasteiger partial charge in [-0.1, -0.05) is 6.92 Å². The highest BCUT2D eigenvalue weighted by Gasteiger charge is 2.09. The molecule has 1 rings (SSSR count). The average Bonchev–Trinajstić information content (AvgIpc) is 2.18. The molecule has 0 fully saturated rings. The quantitative estimate of drug-likeness (QED) is 0.634. The van der Waals surface area contributed by atoms with Gasteiger partial charge in [0, 0.05) is 18.0 Å². The molecule has 3 heteroatoms. The standard InChI is InChI=1S/C11H18N2O/c1-3-8-6-10(12)9(4-5-14)7(2)11(8)13/h6,14H,3-5,12-13H2,1-2H3. The fourth-order valence-electron chi connectivity index (χ4n) is 1.71. The van der Waals surface area contributed by atoms with E-state index in [0.29, 0.717) is 6.42 Å². The first-order chi connectivity index (χ1) is 6.61. The molecule has 1 aromatic carbocycles. The van der Waals surface area contributed by atoms with Gasteiger partial charge in [0.2, 0.25) is 0 Å². The van der Waals surface area contributed by atoms with Crippen molar-refractivity contribution in [1.82, 2.24) is 0 Å².